The molecule has 1 atom stereocenters. The number of carbonyl (C=O) groups is 1. The maximum absolute atomic E-state index is 13.3. The molecule has 0 saturated carbocycles. The van der Waals surface area contributed by atoms with E-state index in [0.717, 1.165) is 5.56 Å². The zero-order chi connectivity index (χ0) is 17.2. The van der Waals surface area contributed by atoms with Crippen LogP contribution in [0.4, 0.5) is 0 Å². The third-order valence-electron chi connectivity index (χ3n) is 4.38. The molecule has 5 nitrogen and oxygen atoms in total. The van der Waals surface area contributed by atoms with Gasteiger partial charge in [-0.25, -0.2) is 4.98 Å². The molecule has 1 saturated heterocycles. The van der Waals surface area contributed by atoms with Gasteiger partial charge in [0.05, 0.1) is 31.0 Å². The van der Waals surface area contributed by atoms with E-state index in [0.29, 0.717) is 24.7 Å². The van der Waals surface area contributed by atoms with Crippen LogP contribution in [-0.4, -0.2) is 34.8 Å². The van der Waals surface area contributed by atoms with Crippen molar-refractivity contribution in [2.45, 2.75) is 32.6 Å². The number of aromatic nitrogens is 2. The minimum atomic E-state index is -0.752. The Morgan fingerprint density at radius 1 is 1.33 bits per heavy atom. The molecule has 1 aromatic heterocycles. The lowest BCUT2D eigenvalue weighted by Crippen LogP contribution is -2.42. The summed E-state index contributed by atoms with van der Waals surface area (Å²) in [6.07, 6.45) is 5.21. The average Bonchev–Trinajstić information content (AvgIpc) is 3.27. The molecule has 1 fully saturated rings. The molecular formula is C18H21ClN2O3. The highest BCUT2D eigenvalue weighted by Crippen LogP contribution is 2.34. The molecule has 0 amide bonds. The smallest absolute Gasteiger partial charge is 0.169 e. The van der Waals surface area contributed by atoms with Crippen molar-refractivity contribution in [3.8, 4) is 0 Å². The number of imidazole rings is 1. The van der Waals surface area contributed by atoms with Gasteiger partial charge in [-0.1, -0.05) is 23.7 Å². The van der Waals surface area contributed by atoms with Gasteiger partial charge in [0, 0.05) is 23.8 Å². The molecule has 0 radical (unpaired) electrons. The minimum absolute atomic E-state index is 0.0577. The molecule has 0 N–H and O–H groups in total. The first kappa shape index (κ1) is 17.1. The summed E-state index contributed by atoms with van der Waals surface area (Å²) in [5.74, 6) is 0.0577. The maximum Gasteiger partial charge on any atom is 0.169 e. The van der Waals surface area contributed by atoms with Crippen molar-refractivity contribution in [2.75, 3.05) is 13.2 Å². The molecule has 0 bridgehead atoms. The third-order valence-corrected chi connectivity index (χ3v) is 4.63. The van der Waals surface area contributed by atoms with Gasteiger partial charge in [0.15, 0.2) is 12.1 Å². The second-order valence-corrected chi connectivity index (χ2v) is 6.95. The largest absolute Gasteiger partial charge is 0.349 e. The summed E-state index contributed by atoms with van der Waals surface area (Å²) in [5, 5.41) is 0.678. The lowest BCUT2D eigenvalue weighted by atomic mass is 9.81. The molecule has 0 spiro atoms. The van der Waals surface area contributed by atoms with E-state index in [1.807, 2.05) is 48.9 Å². The fourth-order valence-electron chi connectivity index (χ4n) is 2.95. The monoisotopic (exact) mass is 348 g/mol. The van der Waals surface area contributed by atoms with Crippen LogP contribution in [-0.2, 0) is 20.7 Å². The summed E-state index contributed by atoms with van der Waals surface area (Å²) in [6, 6.07) is 7.17. The summed E-state index contributed by atoms with van der Waals surface area (Å²) in [7, 11) is 0. The summed E-state index contributed by atoms with van der Waals surface area (Å²) < 4.78 is 13.0. The predicted octanol–water partition coefficient (Wildman–Crippen LogP) is 3.29. The molecule has 3 rings (SSSR count). The molecule has 2 heterocycles. The van der Waals surface area contributed by atoms with Crippen LogP contribution in [0, 0.1) is 5.41 Å². The number of Topliss-reactive ketones (excluding diaryl/α,β-unsaturated/α-hetero) is 1. The molecule has 24 heavy (non-hydrogen) atoms. The van der Waals surface area contributed by atoms with E-state index in [1.54, 1.807) is 12.5 Å². The van der Waals surface area contributed by atoms with Crippen molar-refractivity contribution >= 4 is 17.4 Å². The van der Waals surface area contributed by atoms with E-state index in [-0.39, 0.29) is 11.8 Å². The highest BCUT2D eigenvalue weighted by molar-refractivity contribution is 6.30. The van der Waals surface area contributed by atoms with Crippen LogP contribution >= 0.6 is 11.6 Å². The molecule has 1 aliphatic heterocycles. The zero-order valence-corrected chi connectivity index (χ0v) is 14.6. The van der Waals surface area contributed by atoms with Crippen LogP contribution in [0.5, 0.6) is 0 Å². The van der Waals surface area contributed by atoms with Crippen LogP contribution in [0.25, 0.3) is 0 Å². The van der Waals surface area contributed by atoms with Crippen LogP contribution in [0.1, 0.15) is 25.5 Å². The summed E-state index contributed by atoms with van der Waals surface area (Å²) in [5.41, 5.74) is 0.285. The van der Waals surface area contributed by atoms with Crippen molar-refractivity contribution in [3.63, 3.8) is 0 Å². The van der Waals surface area contributed by atoms with Crippen LogP contribution in [0.15, 0.2) is 43.0 Å². The fourth-order valence-corrected chi connectivity index (χ4v) is 3.08. The molecule has 128 valence electrons. The molecular weight excluding hydrogens is 328 g/mol. The Bertz CT molecular complexity index is 677. The van der Waals surface area contributed by atoms with E-state index in [1.165, 1.54) is 0 Å². The topological polar surface area (TPSA) is 53.4 Å². The number of halogens is 1. The van der Waals surface area contributed by atoms with Crippen LogP contribution in [0.3, 0.4) is 0 Å². The summed E-state index contributed by atoms with van der Waals surface area (Å²) in [6.45, 7) is 4.79. The van der Waals surface area contributed by atoms with Gasteiger partial charge in [0.2, 0.25) is 0 Å². The van der Waals surface area contributed by atoms with E-state index in [4.69, 9.17) is 21.1 Å². The molecule has 1 aromatic carbocycles. The standard InChI is InChI=1S/C18H21ClN2O3/c1-18(2,17-23-9-10-24-17)16(22)15(21-8-7-20-12-21)11-13-3-5-14(19)6-4-13/h3-8,12,15,17H,9-11H2,1-2H3. The van der Waals surface area contributed by atoms with Gasteiger partial charge >= 0.3 is 0 Å². The Morgan fingerprint density at radius 2 is 2.00 bits per heavy atom. The predicted molar refractivity (Wildman–Crippen MR) is 90.9 cm³/mol. The SMILES string of the molecule is CC(C)(C(=O)C(Cc1ccc(Cl)cc1)n1ccnc1)C1OCCO1. The maximum atomic E-state index is 13.3. The second-order valence-electron chi connectivity index (χ2n) is 6.52. The number of nitrogens with zero attached hydrogens (tertiary/aromatic N) is 2. The van der Waals surface area contributed by atoms with E-state index >= 15 is 0 Å². The van der Waals surface area contributed by atoms with Gasteiger partial charge in [0.1, 0.15) is 0 Å². The number of hydrogen-bond acceptors (Lipinski definition) is 4. The number of ether oxygens (including phenoxy) is 2. The lowest BCUT2D eigenvalue weighted by Gasteiger charge is -2.32. The normalized spacial score (nSPS) is 17.1. The Hall–Kier alpha value is -1.69. The first-order valence-electron chi connectivity index (χ1n) is 7.98. The van der Waals surface area contributed by atoms with Crippen LogP contribution in [0.2, 0.25) is 5.02 Å². The first-order valence-corrected chi connectivity index (χ1v) is 8.35. The molecule has 2 aromatic rings. The number of hydrogen-bond donors (Lipinski definition) is 0. The van der Waals surface area contributed by atoms with E-state index in [2.05, 4.69) is 4.98 Å². The molecule has 1 unspecified atom stereocenters. The van der Waals surface area contributed by atoms with Gasteiger partial charge in [-0.3, -0.25) is 4.79 Å². The number of ketones is 1. The second kappa shape index (κ2) is 7.05. The molecule has 0 aliphatic carbocycles. The van der Waals surface area contributed by atoms with Gasteiger partial charge in [-0.05, 0) is 31.5 Å². The van der Waals surface area contributed by atoms with Crippen molar-refractivity contribution < 1.29 is 14.3 Å². The van der Waals surface area contributed by atoms with E-state index < -0.39 is 11.7 Å². The number of rotatable bonds is 6. The highest BCUT2D eigenvalue weighted by atomic mass is 35.5. The van der Waals surface area contributed by atoms with Crippen LogP contribution < -0.4 is 0 Å². The minimum Gasteiger partial charge on any atom is -0.349 e. The van der Waals surface area contributed by atoms with Gasteiger partial charge in [-0.2, -0.15) is 0 Å². The van der Waals surface area contributed by atoms with Crippen molar-refractivity contribution in [3.05, 3.63) is 53.6 Å². The molecule has 6 heteroatoms. The fraction of sp³-hybridized carbons (Fsp3) is 0.444. The molecule has 1 aliphatic rings. The third kappa shape index (κ3) is 3.53. The van der Waals surface area contributed by atoms with Crippen molar-refractivity contribution in [2.24, 2.45) is 5.41 Å². The Balaban J connectivity index is 1.87. The van der Waals surface area contributed by atoms with Gasteiger partial charge < -0.3 is 14.0 Å². The van der Waals surface area contributed by atoms with Gasteiger partial charge in [-0.15, -0.1) is 0 Å². The van der Waals surface area contributed by atoms with Gasteiger partial charge in [0.25, 0.3) is 0 Å². The summed E-state index contributed by atoms with van der Waals surface area (Å²) >= 11 is 5.95. The Kier molecular flexibility index (Phi) is 5.04. The number of benzene rings is 1. The first-order chi connectivity index (χ1) is 11.5. The Labute approximate surface area is 146 Å². The summed E-state index contributed by atoms with van der Waals surface area (Å²) in [4.78, 5) is 17.4. The lowest BCUT2D eigenvalue weighted by molar-refractivity contribution is -0.158. The zero-order valence-electron chi connectivity index (χ0n) is 13.8. The quantitative estimate of drug-likeness (QED) is 0.803. The number of carbonyl (C=O) groups excluding carboxylic acids is 1. The Morgan fingerprint density at radius 3 is 2.58 bits per heavy atom. The average molecular weight is 349 g/mol. The van der Waals surface area contributed by atoms with Crippen molar-refractivity contribution in [1.29, 1.82) is 0 Å². The van der Waals surface area contributed by atoms with Crippen molar-refractivity contribution in [1.82, 2.24) is 9.55 Å². The highest BCUT2D eigenvalue weighted by Gasteiger charge is 2.44. The van der Waals surface area contributed by atoms with E-state index in [9.17, 15) is 4.79 Å².